The zero-order chi connectivity index (χ0) is 17.6. The van der Waals surface area contributed by atoms with Crippen LogP contribution in [0.3, 0.4) is 0 Å². The van der Waals surface area contributed by atoms with Gasteiger partial charge in [0.1, 0.15) is 5.75 Å². The number of rotatable bonds is 6. The third kappa shape index (κ3) is 4.38. The molecule has 3 rings (SSSR count). The Morgan fingerprint density at radius 3 is 2.56 bits per heavy atom. The number of hydrogen-bond acceptors (Lipinski definition) is 2. The van der Waals surface area contributed by atoms with Crippen LogP contribution in [-0.2, 0) is 11.3 Å². The predicted molar refractivity (Wildman–Crippen MR) is 102 cm³/mol. The molecule has 0 aliphatic heterocycles. The summed E-state index contributed by atoms with van der Waals surface area (Å²) in [5.41, 5.74) is 2.20. The number of aryl methyl sites for hydroxylation is 1. The van der Waals surface area contributed by atoms with Crippen LogP contribution < -0.4 is 10.1 Å². The Morgan fingerprint density at radius 2 is 1.80 bits per heavy atom. The first-order chi connectivity index (χ1) is 12.2. The quantitative estimate of drug-likeness (QED) is 0.715. The SMILES string of the molecule is CC[C@H](Oc1cccc(C)c1)C(=O)NCc1ccc2ccccc2c1. The van der Waals surface area contributed by atoms with Gasteiger partial charge in [0.25, 0.3) is 5.91 Å². The first-order valence-electron chi connectivity index (χ1n) is 8.64. The Balaban J connectivity index is 1.63. The second-order valence-electron chi connectivity index (χ2n) is 6.23. The molecule has 3 nitrogen and oxygen atoms in total. The molecule has 1 amide bonds. The van der Waals surface area contributed by atoms with Gasteiger partial charge in [0.2, 0.25) is 0 Å². The van der Waals surface area contributed by atoms with Crippen molar-refractivity contribution in [3.63, 3.8) is 0 Å². The van der Waals surface area contributed by atoms with Crippen molar-refractivity contribution in [2.24, 2.45) is 0 Å². The van der Waals surface area contributed by atoms with Gasteiger partial charge >= 0.3 is 0 Å². The van der Waals surface area contributed by atoms with Gasteiger partial charge in [0.05, 0.1) is 0 Å². The third-order valence-electron chi connectivity index (χ3n) is 4.21. The van der Waals surface area contributed by atoms with Crippen molar-refractivity contribution in [1.82, 2.24) is 5.32 Å². The molecule has 128 valence electrons. The first-order valence-corrected chi connectivity index (χ1v) is 8.64. The number of benzene rings is 3. The van der Waals surface area contributed by atoms with E-state index < -0.39 is 6.10 Å². The molecule has 3 aromatic carbocycles. The van der Waals surface area contributed by atoms with E-state index in [1.165, 1.54) is 10.8 Å². The van der Waals surface area contributed by atoms with Crippen molar-refractivity contribution in [1.29, 1.82) is 0 Å². The van der Waals surface area contributed by atoms with E-state index in [0.717, 1.165) is 16.9 Å². The van der Waals surface area contributed by atoms with E-state index in [1.807, 2.05) is 56.3 Å². The summed E-state index contributed by atoms with van der Waals surface area (Å²) in [7, 11) is 0. The molecule has 0 spiro atoms. The first kappa shape index (κ1) is 17.0. The molecule has 1 N–H and O–H groups in total. The van der Waals surface area contributed by atoms with Gasteiger partial charge in [-0.1, -0.05) is 55.5 Å². The lowest BCUT2D eigenvalue weighted by atomic mass is 10.1. The van der Waals surface area contributed by atoms with Gasteiger partial charge in [-0.25, -0.2) is 0 Å². The molecule has 0 saturated carbocycles. The van der Waals surface area contributed by atoms with Crippen LogP contribution in [0.2, 0.25) is 0 Å². The molecular formula is C22H23NO2. The Morgan fingerprint density at radius 1 is 1.00 bits per heavy atom. The monoisotopic (exact) mass is 333 g/mol. The number of hydrogen-bond donors (Lipinski definition) is 1. The van der Waals surface area contributed by atoms with Crippen molar-refractivity contribution in [3.8, 4) is 5.75 Å². The van der Waals surface area contributed by atoms with Crippen LogP contribution in [0.15, 0.2) is 66.7 Å². The molecule has 0 radical (unpaired) electrons. The highest BCUT2D eigenvalue weighted by Gasteiger charge is 2.18. The Kier molecular flexibility index (Phi) is 5.34. The topological polar surface area (TPSA) is 38.3 Å². The predicted octanol–water partition coefficient (Wildman–Crippen LogP) is 4.62. The molecule has 0 bridgehead atoms. The van der Waals surface area contributed by atoms with E-state index in [1.54, 1.807) is 0 Å². The highest BCUT2D eigenvalue weighted by atomic mass is 16.5. The summed E-state index contributed by atoms with van der Waals surface area (Å²) >= 11 is 0. The van der Waals surface area contributed by atoms with E-state index in [0.29, 0.717) is 13.0 Å². The number of carbonyl (C=O) groups is 1. The Labute approximate surface area is 148 Å². The lowest BCUT2D eigenvalue weighted by Gasteiger charge is -2.17. The standard InChI is InChI=1S/C22H23NO2/c1-3-21(25-20-10-6-7-16(2)13-20)22(24)23-15-17-11-12-18-8-4-5-9-19(18)14-17/h4-14,21H,3,15H2,1-2H3,(H,23,24)/t21-/m0/s1. The van der Waals surface area contributed by atoms with Gasteiger partial charge < -0.3 is 10.1 Å². The van der Waals surface area contributed by atoms with Crippen LogP contribution in [0.25, 0.3) is 10.8 Å². The zero-order valence-electron chi connectivity index (χ0n) is 14.7. The van der Waals surface area contributed by atoms with Crippen LogP contribution >= 0.6 is 0 Å². The minimum atomic E-state index is -0.484. The van der Waals surface area contributed by atoms with Crippen molar-refractivity contribution >= 4 is 16.7 Å². The van der Waals surface area contributed by atoms with Crippen molar-refractivity contribution < 1.29 is 9.53 Å². The number of amides is 1. The summed E-state index contributed by atoms with van der Waals surface area (Å²) < 4.78 is 5.85. The van der Waals surface area contributed by atoms with Crippen molar-refractivity contribution in [3.05, 3.63) is 77.9 Å². The molecule has 0 heterocycles. The fourth-order valence-corrected chi connectivity index (χ4v) is 2.83. The largest absolute Gasteiger partial charge is 0.481 e. The van der Waals surface area contributed by atoms with Gasteiger partial charge in [-0.05, 0) is 53.4 Å². The number of nitrogens with one attached hydrogen (secondary N) is 1. The third-order valence-corrected chi connectivity index (χ3v) is 4.21. The molecule has 0 aliphatic carbocycles. The van der Waals surface area contributed by atoms with Gasteiger partial charge in [-0.2, -0.15) is 0 Å². The van der Waals surface area contributed by atoms with Crippen LogP contribution in [0.4, 0.5) is 0 Å². The number of carbonyl (C=O) groups excluding carboxylic acids is 1. The second-order valence-corrected chi connectivity index (χ2v) is 6.23. The Hall–Kier alpha value is -2.81. The summed E-state index contributed by atoms with van der Waals surface area (Å²) in [4.78, 5) is 12.5. The smallest absolute Gasteiger partial charge is 0.261 e. The van der Waals surface area contributed by atoms with Crippen LogP contribution in [0, 0.1) is 6.92 Å². The summed E-state index contributed by atoms with van der Waals surface area (Å²) in [6, 6.07) is 22.2. The molecule has 0 unspecified atom stereocenters. The van der Waals surface area contributed by atoms with Crippen LogP contribution in [0.5, 0.6) is 5.75 Å². The van der Waals surface area contributed by atoms with E-state index in [4.69, 9.17) is 4.74 Å². The highest BCUT2D eigenvalue weighted by molar-refractivity contribution is 5.83. The van der Waals surface area contributed by atoms with Crippen molar-refractivity contribution in [2.75, 3.05) is 0 Å². The summed E-state index contributed by atoms with van der Waals surface area (Å²) in [5.74, 6) is 0.643. The number of ether oxygens (including phenoxy) is 1. The maximum Gasteiger partial charge on any atom is 0.261 e. The second kappa shape index (κ2) is 7.84. The molecule has 25 heavy (non-hydrogen) atoms. The molecular weight excluding hydrogens is 310 g/mol. The van der Waals surface area contributed by atoms with Crippen LogP contribution in [0.1, 0.15) is 24.5 Å². The summed E-state index contributed by atoms with van der Waals surface area (Å²) in [5, 5.41) is 5.36. The highest BCUT2D eigenvalue weighted by Crippen LogP contribution is 2.17. The zero-order valence-corrected chi connectivity index (χ0v) is 14.7. The molecule has 0 aliphatic rings. The maximum atomic E-state index is 12.5. The molecule has 0 aromatic heterocycles. The molecule has 1 atom stereocenters. The lowest BCUT2D eigenvalue weighted by Crippen LogP contribution is -2.37. The van der Waals surface area contributed by atoms with Gasteiger partial charge in [-0.3, -0.25) is 4.79 Å². The minimum absolute atomic E-state index is 0.0860. The molecule has 0 saturated heterocycles. The van der Waals surface area contributed by atoms with Gasteiger partial charge in [-0.15, -0.1) is 0 Å². The van der Waals surface area contributed by atoms with Crippen LogP contribution in [-0.4, -0.2) is 12.0 Å². The number of fused-ring (bicyclic) bond motifs is 1. The summed E-state index contributed by atoms with van der Waals surface area (Å²) in [6.45, 7) is 4.46. The van der Waals surface area contributed by atoms with E-state index >= 15 is 0 Å². The summed E-state index contributed by atoms with van der Waals surface area (Å²) in [6.07, 6.45) is 0.138. The fourth-order valence-electron chi connectivity index (χ4n) is 2.83. The van der Waals surface area contributed by atoms with E-state index in [2.05, 4.69) is 29.6 Å². The molecule has 3 heteroatoms. The van der Waals surface area contributed by atoms with E-state index in [9.17, 15) is 4.79 Å². The minimum Gasteiger partial charge on any atom is -0.481 e. The normalized spacial score (nSPS) is 11.9. The molecule has 0 fully saturated rings. The average Bonchev–Trinajstić information content (AvgIpc) is 2.64. The van der Waals surface area contributed by atoms with Crippen molar-refractivity contribution in [2.45, 2.75) is 32.9 Å². The Bertz CT molecular complexity index is 873. The van der Waals surface area contributed by atoms with Gasteiger partial charge in [0.15, 0.2) is 6.10 Å². The molecule has 3 aromatic rings. The lowest BCUT2D eigenvalue weighted by molar-refractivity contribution is -0.128. The maximum absolute atomic E-state index is 12.5. The fraction of sp³-hybridized carbons (Fsp3) is 0.227. The van der Waals surface area contributed by atoms with E-state index in [-0.39, 0.29) is 5.91 Å². The van der Waals surface area contributed by atoms with Gasteiger partial charge in [0, 0.05) is 6.54 Å². The average molecular weight is 333 g/mol.